The molecular formula is C25H30N8O. The maximum absolute atomic E-state index is 13.6. The topological polar surface area (TPSA) is 92.1 Å². The first kappa shape index (κ1) is 22.2. The zero-order valence-corrected chi connectivity index (χ0v) is 20.0. The largest absolute Gasteiger partial charge is 0.331 e. The van der Waals surface area contributed by atoms with Crippen LogP contribution in [-0.2, 0) is 19.6 Å². The predicted molar refractivity (Wildman–Crippen MR) is 132 cm³/mol. The smallest absolute Gasteiger partial charge is 0.260 e. The Kier molecular flexibility index (Phi) is 5.87. The third-order valence-corrected chi connectivity index (χ3v) is 6.46. The van der Waals surface area contributed by atoms with Gasteiger partial charge in [0.05, 0.1) is 17.8 Å². The van der Waals surface area contributed by atoms with Crippen LogP contribution in [-0.4, -0.2) is 44.2 Å². The lowest BCUT2D eigenvalue weighted by molar-refractivity contribution is 0.0996. The van der Waals surface area contributed by atoms with Crippen molar-refractivity contribution in [1.82, 2.24) is 30.0 Å². The Bertz CT molecular complexity index is 1260. The highest BCUT2D eigenvalue weighted by Gasteiger charge is 2.34. The summed E-state index contributed by atoms with van der Waals surface area (Å²) in [5.74, 6) is 2.92. The Morgan fingerprint density at radius 2 is 2.00 bits per heavy atom. The highest BCUT2D eigenvalue weighted by atomic mass is 16.2. The minimum atomic E-state index is -0.0586. The van der Waals surface area contributed by atoms with Crippen LogP contribution in [0.15, 0.2) is 36.5 Å². The number of aryl methyl sites for hydroxylation is 1. The zero-order valence-electron chi connectivity index (χ0n) is 20.0. The van der Waals surface area contributed by atoms with Crippen LogP contribution in [0.25, 0.3) is 11.5 Å². The fourth-order valence-corrected chi connectivity index (χ4v) is 4.76. The van der Waals surface area contributed by atoms with Gasteiger partial charge in [-0.3, -0.25) is 9.69 Å². The predicted octanol–water partition coefficient (Wildman–Crippen LogP) is 3.45. The number of carbonyl (C=O) groups excluding carboxylic acids is 1. The van der Waals surface area contributed by atoms with Gasteiger partial charge in [-0.2, -0.15) is 0 Å². The van der Waals surface area contributed by atoms with E-state index >= 15 is 0 Å². The van der Waals surface area contributed by atoms with E-state index in [1.165, 1.54) is 0 Å². The molecule has 5 rings (SSSR count). The molecule has 1 saturated heterocycles. The number of nitrogens with one attached hydrogen (secondary N) is 1. The van der Waals surface area contributed by atoms with Crippen LogP contribution in [0.3, 0.4) is 0 Å². The number of amides is 1. The Balaban J connectivity index is 1.51. The van der Waals surface area contributed by atoms with Gasteiger partial charge in [-0.1, -0.05) is 19.6 Å². The van der Waals surface area contributed by atoms with E-state index in [1.807, 2.05) is 38.2 Å². The number of allylic oxidation sites excluding steroid dienone is 1. The summed E-state index contributed by atoms with van der Waals surface area (Å²) >= 11 is 0. The van der Waals surface area contributed by atoms with Crippen LogP contribution in [0.4, 0.5) is 11.6 Å². The van der Waals surface area contributed by atoms with E-state index in [9.17, 15) is 4.79 Å². The van der Waals surface area contributed by atoms with E-state index in [-0.39, 0.29) is 5.91 Å². The molecule has 3 aromatic rings. The van der Waals surface area contributed by atoms with Crippen LogP contribution in [0.2, 0.25) is 0 Å². The summed E-state index contributed by atoms with van der Waals surface area (Å²) < 4.78 is 2.07. The molecule has 176 valence electrons. The fraction of sp³-hybridized carbons (Fsp3) is 0.400. The molecule has 0 atom stereocenters. The van der Waals surface area contributed by atoms with Crippen molar-refractivity contribution in [3.8, 4) is 11.5 Å². The van der Waals surface area contributed by atoms with E-state index in [1.54, 1.807) is 4.90 Å². The zero-order chi connectivity index (χ0) is 23.8. The second kappa shape index (κ2) is 8.98. The van der Waals surface area contributed by atoms with Crippen LogP contribution in [0.1, 0.15) is 53.6 Å². The maximum atomic E-state index is 13.6. The molecule has 34 heavy (non-hydrogen) atoms. The van der Waals surface area contributed by atoms with Crippen molar-refractivity contribution in [1.29, 1.82) is 0 Å². The number of fused-ring (bicyclic) bond motifs is 1. The number of aromatic nitrogens is 5. The lowest BCUT2D eigenvalue weighted by Crippen LogP contribution is -2.24. The molecule has 3 aromatic heterocycles. The molecule has 2 aliphatic rings. The molecule has 0 radical (unpaired) electrons. The minimum absolute atomic E-state index is 0.0586. The highest BCUT2D eigenvalue weighted by Crippen LogP contribution is 2.34. The summed E-state index contributed by atoms with van der Waals surface area (Å²) in [7, 11) is 1.89. The van der Waals surface area contributed by atoms with Gasteiger partial charge in [0.1, 0.15) is 23.2 Å². The van der Waals surface area contributed by atoms with Crippen molar-refractivity contribution < 1.29 is 4.79 Å². The second-order valence-electron chi connectivity index (χ2n) is 8.80. The van der Waals surface area contributed by atoms with E-state index in [4.69, 9.17) is 9.97 Å². The summed E-state index contributed by atoms with van der Waals surface area (Å²) in [6.45, 7) is 11.0. The molecule has 9 heteroatoms. The third-order valence-electron chi connectivity index (χ3n) is 6.46. The van der Waals surface area contributed by atoms with Crippen LogP contribution >= 0.6 is 0 Å². The number of carbonyl (C=O) groups is 1. The Morgan fingerprint density at radius 1 is 1.15 bits per heavy atom. The molecule has 0 bridgehead atoms. The quantitative estimate of drug-likeness (QED) is 0.580. The van der Waals surface area contributed by atoms with Gasteiger partial charge in [0.2, 0.25) is 0 Å². The molecule has 0 unspecified atom stereocenters. The normalized spacial score (nSPS) is 15.5. The summed E-state index contributed by atoms with van der Waals surface area (Å²) in [6, 6.07) is 7.62. The van der Waals surface area contributed by atoms with Crippen molar-refractivity contribution in [3.05, 3.63) is 59.2 Å². The third kappa shape index (κ3) is 3.75. The summed E-state index contributed by atoms with van der Waals surface area (Å²) in [5.41, 5.74) is 4.28. The first-order valence-electron chi connectivity index (χ1n) is 11.8. The lowest BCUT2D eigenvalue weighted by Gasteiger charge is -2.20. The van der Waals surface area contributed by atoms with E-state index in [2.05, 4.69) is 38.5 Å². The van der Waals surface area contributed by atoms with E-state index in [0.717, 1.165) is 66.8 Å². The first-order valence-corrected chi connectivity index (χ1v) is 11.8. The molecule has 5 heterocycles. The molecule has 1 fully saturated rings. The van der Waals surface area contributed by atoms with Gasteiger partial charge in [0, 0.05) is 30.9 Å². The molecule has 0 spiro atoms. The van der Waals surface area contributed by atoms with Crippen LogP contribution in [0.5, 0.6) is 0 Å². The molecule has 1 amide bonds. The summed E-state index contributed by atoms with van der Waals surface area (Å²) in [4.78, 5) is 27.2. The maximum Gasteiger partial charge on any atom is 0.260 e. The van der Waals surface area contributed by atoms with Gasteiger partial charge >= 0.3 is 0 Å². The van der Waals surface area contributed by atoms with Crippen LogP contribution in [0, 0.1) is 6.92 Å². The Morgan fingerprint density at radius 3 is 2.74 bits per heavy atom. The highest BCUT2D eigenvalue weighted by molar-refractivity contribution is 6.10. The Hall–Kier alpha value is -3.59. The second-order valence-corrected chi connectivity index (χ2v) is 8.80. The monoisotopic (exact) mass is 458 g/mol. The lowest BCUT2D eigenvalue weighted by atomic mass is 10.1. The number of rotatable bonds is 7. The number of hydrogen-bond donors (Lipinski definition) is 1. The van der Waals surface area contributed by atoms with Crippen molar-refractivity contribution in [2.45, 2.75) is 52.7 Å². The van der Waals surface area contributed by atoms with Gasteiger partial charge in [-0.15, -0.1) is 10.2 Å². The molecule has 0 aliphatic carbocycles. The molecule has 0 saturated carbocycles. The van der Waals surface area contributed by atoms with E-state index in [0.29, 0.717) is 30.2 Å². The average Bonchev–Trinajstić information content (AvgIpc) is 3.52. The van der Waals surface area contributed by atoms with Crippen molar-refractivity contribution in [2.24, 2.45) is 0 Å². The van der Waals surface area contributed by atoms with Gasteiger partial charge in [0.25, 0.3) is 5.91 Å². The molecule has 1 N–H and O–H groups in total. The minimum Gasteiger partial charge on any atom is -0.331 e. The van der Waals surface area contributed by atoms with Crippen molar-refractivity contribution >= 4 is 17.5 Å². The SMILES string of the molecule is C=C1CCCN1c1cc2c(c(CNC)n1)CN(c1cccc(-c3nnc(C)n3CCC)n1)C2=O. The number of nitrogens with zero attached hydrogens (tertiary/aromatic N) is 7. The molecule has 0 aromatic carbocycles. The van der Waals surface area contributed by atoms with Crippen molar-refractivity contribution in [2.75, 3.05) is 23.4 Å². The number of anilines is 2. The summed E-state index contributed by atoms with van der Waals surface area (Å²) in [5, 5.41) is 11.8. The molecule has 2 aliphatic heterocycles. The number of hydrogen-bond acceptors (Lipinski definition) is 7. The summed E-state index contributed by atoms with van der Waals surface area (Å²) in [6.07, 6.45) is 2.98. The van der Waals surface area contributed by atoms with Gasteiger partial charge < -0.3 is 14.8 Å². The van der Waals surface area contributed by atoms with Gasteiger partial charge in [-0.25, -0.2) is 9.97 Å². The molecular weight excluding hydrogens is 428 g/mol. The van der Waals surface area contributed by atoms with Crippen LogP contribution < -0.4 is 15.1 Å². The van der Waals surface area contributed by atoms with Gasteiger partial charge in [-0.05, 0) is 51.4 Å². The Labute approximate surface area is 199 Å². The average molecular weight is 459 g/mol. The molecule has 9 nitrogen and oxygen atoms in total. The van der Waals surface area contributed by atoms with E-state index < -0.39 is 0 Å². The van der Waals surface area contributed by atoms with Crippen molar-refractivity contribution in [3.63, 3.8) is 0 Å². The fourth-order valence-electron chi connectivity index (χ4n) is 4.76. The number of pyridine rings is 2. The van der Waals surface area contributed by atoms with Gasteiger partial charge in [0.15, 0.2) is 5.82 Å². The standard InChI is InChI=1S/C25H30N8O/c1-5-11-32-17(3)29-30-24(32)20-9-6-10-22(27-20)33-15-19-18(25(33)34)13-23(28-21(19)14-26-4)31-12-7-8-16(31)2/h6,9-10,13,26H,2,5,7-8,11-12,14-15H2,1,3-4H3. The first-order chi connectivity index (χ1) is 16.5.